The van der Waals surface area contributed by atoms with Crippen LogP contribution >= 0.6 is 23.1 Å². The highest BCUT2D eigenvalue weighted by molar-refractivity contribution is 8.00. The predicted octanol–water partition coefficient (Wildman–Crippen LogP) is 4.15. The van der Waals surface area contributed by atoms with Crippen LogP contribution in [0, 0.1) is 6.92 Å². The first-order valence-electron chi connectivity index (χ1n) is 5.36. The molecule has 4 heteroatoms. The van der Waals surface area contributed by atoms with E-state index in [2.05, 4.69) is 43.2 Å². The van der Waals surface area contributed by atoms with E-state index in [0.717, 1.165) is 10.5 Å². The van der Waals surface area contributed by atoms with Gasteiger partial charge in [0.2, 0.25) is 0 Å². The molecule has 0 amide bonds. The quantitative estimate of drug-likeness (QED) is 0.831. The molecule has 0 spiro atoms. The van der Waals surface area contributed by atoms with Crippen LogP contribution in [0.4, 0.5) is 5.69 Å². The summed E-state index contributed by atoms with van der Waals surface area (Å²) in [5.74, 6) is 0. The van der Waals surface area contributed by atoms with Crippen molar-refractivity contribution in [3.8, 4) is 0 Å². The summed E-state index contributed by atoms with van der Waals surface area (Å²) in [6, 6.07) is 4.36. The van der Waals surface area contributed by atoms with E-state index in [1.54, 1.807) is 11.3 Å². The van der Waals surface area contributed by atoms with Gasteiger partial charge in [-0.2, -0.15) is 0 Å². The molecule has 0 fully saturated rings. The number of aromatic nitrogens is 1. The Morgan fingerprint density at radius 2 is 2.12 bits per heavy atom. The normalized spacial score (nSPS) is 11.3. The Balaban J connectivity index is 2.57. The molecule has 0 unspecified atom stereocenters. The van der Waals surface area contributed by atoms with Crippen LogP contribution in [0.25, 0.3) is 10.2 Å². The van der Waals surface area contributed by atoms with Crippen molar-refractivity contribution in [3.63, 3.8) is 0 Å². The molecule has 1 heterocycles. The molecule has 86 valence electrons. The van der Waals surface area contributed by atoms with E-state index in [9.17, 15) is 0 Å². The Labute approximate surface area is 104 Å². The fourth-order valence-electron chi connectivity index (χ4n) is 1.68. The van der Waals surface area contributed by atoms with E-state index >= 15 is 0 Å². The Hall–Kier alpha value is -0.740. The predicted molar refractivity (Wildman–Crippen MR) is 74.9 cm³/mol. The van der Waals surface area contributed by atoms with Gasteiger partial charge in [-0.05, 0) is 19.1 Å². The van der Waals surface area contributed by atoms with Crippen molar-refractivity contribution < 1.29 is 0 Å². The van der Waals surface area contributed by atoms with Gasteiger partial charge in [-0.1, -0.05) is 13.8 Å². The zero-order valence-electron chi connectivity index (χ0n) is 10.00. The van der Waals surface area contributed by atoms with Gasteiger partial charge in [-0.25, -0.2) is 4.98 Å². The van der Waals surface area contributed by atoms with E-state index in [1.807, 2.05) is 18.8 Å². The molecule has 0 atom stereocenters. The van der Waals surface area contributed by atoms with Crippen molar-refractivity contribution in [1.29, 1.82) is 0 Å². The van der Waals surface area contributed by atoms with Crippen molar-refractivity contribution in [2.75, 3.05) is 12.4 Å². The summed E-state index contributed by atoms with van der Waals surface area (Å²) in [4.78, 5) is 5.88. The Morgan fingerprint density at radius 1 is 1.38 bits per heavy atom. The Bertz CT molecular complexity index is 503. The molecule has 0 saturated heterocycles. The highest BCUT2D eigenvalue weighted by Gasteiger charge is 2.11. The third-order valence-corrected chi connectivity index (χ3v) is 4.24. The topological polar surface area (TPSA) is 24.9 Å². The summed E-state index contributed by atoms with van der Waals surface area (Å²) in [7, 11) is 1.97. The minimum absolute atomic E-state index is 0.587. The fraction of sp³-hybridized carbons (Fsp3) is 0.417. The molecule has 0 aliphatic carbocycles. The second kappa shape index (κ2) is 4.63. The number of thiazole rings is 1. The lowest BCUT2D eigenvalue weighted by Crippen LogP contribution is -1.95. The molecule has 1 N–H and O–H groups in total. The maximum absolute atomic E-state index is 4.59. The number of thioether (sulfide) groups is 1. The monoisotopic (exact) mass is 252 g/mol. The lowest BCUT2D eigenvalue weighted by Gasteiger charge is -2.11. The van der Waals surface area contributed by atoms with E-state index in [1.165, 1.54) is 15.3 Å². The van der Waals surface area contributed by atoms with Crippen LogP contribution in [0.3, 0.4) is 0 Å². The standard InChI is InChI=1S/C12H16N2S2/c1-7(2)15-9-5-6-10-12(11(9)13-4)14-8(3)16-10/h5-7,13H,1-4H3. The van der Waals surface area contributed by atoms with Crippen molar-refractivity contribution >= 4 is 39.0 Å². The van der Waals surface area contributed by atoms with Crippen molar-refractivity contribution in [2.24, 2.45) is 0 Å². The summed E-state index contributed by atoms with van der Waals surface area (Å²) in [5.41, 5.74) is 2.27. The minimum atomic E-state index is 0.587. The number of nitrogens with one attached hydrogen (secondary N) is 1. The third kappa shape index (κ3) is 2.18. The first kappa shape index (κ1) is 11.7. The van der Waals surface area contributed by atoms with Gasteiger partial charge in [-0.15, -0.1) is 23.1 Å². The fourth-order valence-corrected chi connectivity index (χ4v) is 3.49. The van der Waals surface area contributed by atoms with Gasteiger partial charge in [-0.3, -0.25) is 0 Å². The molecule has 0 saturated carbocycles. The number of benzene rings is 1. The van der Waals surface area contributed by atoms with Crippen LogP contribution in [-0.4, -0.2) is 17.3 Å². The van der Waals surface area contributed by atoms with Gasteiger partial charge in [0, 0.05) is 17.2 Å². The largest absolute Gasteiger partial charge is 0.385 e. The molecule has 0 aliphatic heterocycles. The highest BCUT2D eigenvalue weighted by Crippen LogP contribution is 2.37. The van der Waals surface area contributed by atoms with Gasteiger partial charge >= 0.3 is 0 Å². The Kier molecular flexibility index (Phi) is 3.40. The van der Waals surface area contributed by atoms with Crippen LogP contribution in [-0.2, 0) is 0 Å². The second-order valence-corrected chi connectivity index (χ2v) is 6.79. The summed E-state index contributed by atoms with van der Waals surface area (Å²) in [6.45, 7) is 6.47. The van der Waals surface area contributed by atoms with Gasteiger partial charge in [0.1, 0.15) is 5.52 Å². The zero-order valence-corrected chi connectivity index (χ0v) is 11.6. The van der Waals surface area contributed by atoms with Crippen LogP contribution < -0.4 is 5.32 Å². The maximum Gasteiger partial charge on any atom is 0.106 e. The highest BCUT2D eigenvalue weighted by atomic mass is 32.2. The first-order chi connectivity index (χ1) is 7.61. The third-order valence-electron chi connectivity index (χ3n) is 2.24. The second-order valence-electron chi connectivity index (χ2n) is 3.93. The van der Waals surface area contributed by atoms with Crippen LogP contribution in [0.1, 0.15) is 18.9 Å². The SMILES string of the molecule is CNc1c(SC(C)C)ccc2sc(C)nc12. The average molecular weight is 252 g/mol. The van der Waals surface area contributed by atoms with E-state index in [-0.39, 0.29) is 0 Å². The number of hydrogen-bond acceptors (Lipinski definition) is 4. The van der Waals surface area contributed by atoms with Crippen molar-refractivity contribution in [3.05, 3.63) is 17.1 Å². The lowest BCUT2D eigenvalue weighted by atomic mass is 10.3. The zero-order chi connectivity index (χ0) is 11.7. The van der Waals surface area contributed by atoms with Gasteiger partial charge < -0.3 is 5.32 Å². The molecule has 1 aromatic heterocycles. The molecule has 16 heavy (non-hydrogen) atoms. The van der Waals surface area contributed by atoms with Crippen LogP contribution in [0.15, 0.2) is 17.0 Å². The summed E-state index contributed by atoms with van der Waals surface area (Å²) in [6.07, 6.45) is 0. The number of nitrogens with zero attached hydrogens (tertiary/aromatic N) is 1. The van der Waals surface area contributed by atoms with Gasteiger partial charge in [0.25, 0.3) is 0 Å². The average Bonchev–Trinajstić information content (AvgIpc) is 2.57. The molecular weight excluding hydrogens is 236 g/mol. The molecule has 0 radical (unpaired) electrons. The van der Waals surface area contributed by atoms with E-state index in [0.29, 0.717) is 5.25 Å². The smallest absolute Gasteiger partial charge is 0.106 e. The Morgan fingerprint density at radius 3 is 2.75 bits per heavy atom. The maximum atomic E-state index is 4.59. The molecule has 2 rings (SSSR count). The van der Waals surface area contributed by atoms with E-state index in [4.69, 9.17) is 0 Å². The van der Waals surface area contributed by atoms with Crippen molar-refractivity contribution in [1.82, 2.24) is 4.98 Å². The number of rotatable bonds is 3. The molecule has 2 aromatic rings. The van der Waals surface area contributed by atoms with Crippen molar-refractivity contribution in [2.45, 2.75) is 30.9 Å². The lowest BCUT2D eigenvalue weighted by molar-refractivity contribution is 1.11. The molecule has 2 nitrogen and oxygen atoms in total. The summed E-state index contributed by atoms with van der Waals surface area (Å²) in [5, 5.41) is 4.99. The molecular formula is C12H16N2S2. The number of hydrogen-bond donors (Lipinski definition) is 1. The minimum Gasteiger partial charge on any atom is -0.385 e. The number of aryl methyl sites for hydroxylation is 1. The molecule has 1 aromatic carbocycles. The van der Waals surface area contributed by atoms with Gasteiger partial charge in [0.05, 0.1) is 15.4 Å². The van der Waals surface area contributed by atoms with E-state index < -0.39 is 0 Å². The van der Waals surface area contributed by atoms with Crippen LogP contribution in [0.5, 0.6) is 0 Å². The van der Waals surface area contributed by atoms with Crippen LogP contribution in [0.2, 0.25) is 0 Å². The number of fused-ring (bicyclic) bond motifs is 1. The first-order valence-corrected chi connectivity index (χ1v) is 7.06. The molecule has 0 aliphatic rings. The van der Waals surface area contributed by atoms with Gasteiger partial charge in [0.15, 0.2) is 0 Å². The molecule has 0 bridgehead atoms. The summed E-state index contributed by atoms with van der Waals surface area (Å²) < 4.78 is 1.26. The number of anilines is 1. The summed E-state index contributed by atoms with van der Waals surface area (Å²) >= 11 is 3.62.